The zero-order chi connectivity index (χ0) is 17.8. The molecule has 0 saturated carbocycles. The molecule has 1 aliphatic rings. The summed E-state index contributed by atoms with van der Waals surface area (Å²) >= 11 is 0. The normalized spacial score (nSPS) is 19.7. The first-order chi connectivity index (χ1) is 11.2. The molecule has 1 aromatic rings. The van der Waals surface area contributed by atoms with E-state index in [1.165, 1.54) is 6.42 Å². The summed E-state index contributed by atoms with van der Waals surface area (Å²) in [6, 6.07) is 2.13. The molecule has 1 atom stereocenters. The highest BCUT2D eigenvalue weighted by Gasteiger charge is 2.37. The second kappa shape index (κ2) is 8.12. The fraction of sp³-hybridized carbons (Fsp3) is 0.833. The van der Waals surface area contributed by atoms with Crippen LogP contribution in [0.2, 0.25) is 18.1 Å². The second-order valence-corrected chi connectivity index (χ2v) is 13.1. The first kappa shape index (κ1) is 19.6. The molecule has 0 spiro atoms. The number of aliphatic hydroxyl groups excluding tert-OH is 1. The van der Waals surface area contributed by atoms with Gasteiger partial charge in [-0.05, 0) is 56.3 Å². The van der Waals surface area contributed by atoms with Gasteiger partial charge in [-0.3, -0.25) is 0 Å². The van der Waals surface area contributed by atoms with E-state index in [4.69, 9.17) is 19.4 Å². The smallest absolute Gasteiger partial charge is 0.192 e. The summed E-state index contributed by atoms with van der Waals surface area (Å²) in [4.78, 5) is 0. The van der Waals surface area contributed by atoms with E-state index >= 15 is 0 Å². The average Bonchev–Trinajstić information content (AvgIpc) is 2.94. The van der Waals surface area contributed by atoms with Gasteiger partial charge in [0.25, 0.3) is 0 Å². The van der Waals surface area contributed by atoms with Crippen LogP contribution in [0.25, 0.3) is 0 Å². The van der Waals surface area contributed by atoms with Crippen LogP contribution in [0.15, 0.2) is 6.07 Å². The molecule has 2 heterocycles. The average molecular weight is 355 g/mol. The van der Waals surface area contributed by atoms with Crippen LogP contribution in [0.4, 0.5) is 0 Å². The molecular weight excluding hydrogens is 320 g/mol. The minimum Gasteiger partial charge on any atom is -0.411 e. The molecule has 0 aromatic carbocycles. The number of aliphatic hydroxyl groups is 1. The van der Waals surface area contributed by atoms with E-state index in [9.17, 15) is 0 Å². The molecule has 5 nitrogen and oxygen atoms in total. The molecule has 0 amide bonds. The summed E-state index contributed by atoms with van der Waals surface area (Å²) in [6.07, 6.45) is 4.88. The van der Waals surface area contributed by atoms with Gasteiger partial charge in [-0.2, -0.15) is 5.10 Å². The monoisotopic (exact) mass is 354 g/mol. The van der Waals surface area contributed by atoms with Crippen molar-refractivity contribution in [1.29, 1.82) is 0 Å². The Bertz CT molecular complexity index is 517. The van der Waals surface area contributed by atoms with Crippen LogP contribution in [0.1, 0.15) is 64.1 Å². The van der Waals surface area contributed by atoms with Crippen LogP contribution in [0.5, 0.6) is 0 Å². The summed E-state index contributed by atoms with van der Waals surface area (Å²) in [5.74, 6) is 0. The highest BCUT2D eigenvalue weighted by molar-refractivity contribution is 6.74. The van der Waals surface area contributed by atoms with Crippen molar-refractivity contribution in [3.8, 4) is 0 Å². The molecule has 0 aliphatic carbocycles. The lowest BCUT2D eigenvalue weighted by Gasteiger charge is -2.36. The minimum absolute atomic E-state index is 0.0274. The van der Waals surface area contributed by atoms with Crippen molar-refractivity contribution < 1.29 is 14.3 Å². The predicted molar refractivity (Wildman–Crippen MR) is 98.5 cm³/mol. The number of aryl methyl sites for hydroxylation is 1. The van der Waals surface area contributed by atoms with Gasteiger partial charge in [-0.1, -0.05) is 20.8 Å². The van der Waals surface area contributed by atoms with E-state index in [0.29, 0.717) is 6.61 Å². The maximum absolute atomic E-state index is 9.07. The van der Waals surface area contributed by atoms with Crippen molar-refractivity contribution >= 4 is 8.32 Å². The summed E-state index contributed by atoms with van der Waals surface area (Å²) in [5.41, 5.74) is 2.12. The zero-order valence-electron chi connectivity index (χ0n) is 16.0. The van der Waals surface area contributed by atoms with Gasteiger partial charge in [0.2, 0.25) is 0 Å². The van der Waals surface area contributed by atoms with Crippen LogP contribution in [-0.4, -0.2) is 36.4 Å². The van der Waals surface area contributed by atoms with Gasteiger partial charge in [-0.25, -0.2) is 4.68 Å². The summed E-state index contributed by atoms with van der Waals surface area (Å²) in [7, 11) is -1.80. The van der Waals surface area contributed by atoms with Crippen LogP contribution in [0, 0.1) is 0 Å². The van der Waals surface area contributed by atoms with E-state index in [1.54, 1.807) is 0 Å². The van der Waals surface area contributed by atoms with Crippen molar-refractivity contribution in [3.05, 3.63) is 17.5 Å². The molecule has 2 rings (SSSR count). The van der Waals surface area contributed by atoms with E-state index in [0.717, 1.165) is 43.7 Å². The molecule has 1 saturated heterocycles. The van der Waals surface area contributed by atoms with Gasteiger partial charge in [0.15, 0.2) is 14.5 Å². The lowest BCUT2D eigenvalue weighted by atomic mass is 10.2. The van der Waals surface area contributed by atoms with Gasteiger partial charge < -0.3 is 14.3 Å². The van der Waals surface area contributed by atoms with Crippen molar-refractivity contribution in [2.75, 3.05) is 13.2 Å². The number of nitrogens with zero attached hydrogens (tertiary/aromatic N) is 2. The van der Waals surface area contributed by atoms with E-state index in [1.807, 2.05) is 4.68 Å². The first-order valence-corrected chi connectivity index (χ1v) is 12.1. The molecular formula is C18H34N2O3Si. The minimum atomic E-state index is -1.80. The topological polar surface area (TPSA) is 56.5 Å². The number of rotatable bonds is 7. The zero-order valence-corrected chi connectivity index (χ0v) is 17.0. The van der Waals surface area contributed by atoms with Crippen LogP contribution in [0.3, 0.4) is 0 Å². The maximum Gasteiger partial charge on any atom is 0.192 e. The maximum atomic E-state index is 9.07. The molecule has 0 bridgehead atoms. The summed E-state index contributed by atoms with van der Waals surface area (Å²) in [6.45, 7) is 12.9. The van der Waals surface area contributed by atoms with Gasteiger partial charge in [0.05, 0.1) is 18.0 Å². The first-order valence-electron chi connectivity index (χ1n) is 9.18. The van der Waals surface area contributed by atoms with Crippen LogP contribution in [-0.2, 0) is 22.2 Å². The largest absolute Gasteiger partial charge is 0.411 e. The fourth-order valence-electron chi connectivity index (χ4n) is 2.62. The Morgan fingerprint density at radius 1 is 1.38 bits per heavy atom. The third kappa shape index (κ3) is 4.91. The molecule has 24 heavy (non-hydrogen) atoms. The molecule has 1 unspecified atom stereocenters. The van der Waals surface area contributed by atoms with Crippen molar-refractivity contribution in [2.24, 2.45) is 0 Å². The molecule has 1 aliphatic heterocycles. The predicted octanol–water partition coefficient (Wildman–Crippen LogP) is 4.03. The number of aromatic nitrogens is 2. The van der Waals surface area contributed by atoms with Crippen LogP contribution >= 0.6 is 0 Å². The standard InChI is InChI=1S/C18H34N2O3Si/c1-18(2,3)24(4,5)23-14-16-13-15(9-8-11-21)19-20(16)17-10-6-7-12-22-17/h13,17,21H,6-12,14H2,1-5H3. The molecule has 1 N–H and O–H groups in total. The van der Waals surface area contributed by atoms with Gasteiger partial charge in [0, 0.05) is 13.2 Å². The number of hydrogen-bond donors (Lipinski definition) is 1. The molecule has 0 radical (unpaired) electrons. The lowest BCUT2D eigenvalue weighted by molar-refractivity contribution is -0.0426. The Kier molecular flexibility index (Phi) is 6.64. The summed E-state index contributed by atoms with van der Waals surface area (Å²) < 4.78 is 14.4. The fourth-order valence-corrected chi connectivity index (χ4v) is 3.56. The quantitative estimate of drug-likeness (QED) is 0.751. The molecule has 1 aromatic heterocycles. The Balaban J connectivity index is 2.15. The highest BCUT2D eigenvalue weighted by atomic mass is 28.4. The Morgan fingerprint density at radius 3 is 2.71 bits per heavy atom. The molecule has 6 heteroatoms. The van der Waals surface area contributed by atoms with E-state index in [-0.39, 0.29) is 17.9 Å². The second-order valence-electron chi connectivity index (χ2n) is 8.27. The highest BCUT2D eigenvalue weighted by Crippen LogP contribution is 2.37. The Labute approximate surface area is 147 Å². The van der Waals surface area contributed by atoms with Crippen molar-refractivity contribution in [2.45, 2.75) is 83.8 Å². The Hall–Kier alpha value is -0.693. The van der Waals surface area contributed by atoms with Crippen LogP contribution < -0.4 is 0 Å². The molecule has 1 fully saturated rings. The van der Waals surface area contributed by atoms with E-state index in [2.05, 4.69) is 39.9 Å². The summed E-state index contributed by atoms with van der Waals surface area (Å²) in [5, 5.41) is 14.0. The van der Waals surface area contributed by atoms with Gasteiger partial charge in [-0.15, -0.1) is 0 Å². The lowest BCUT2D eigenvalue weighted by Crippen LogP contribution is -2.40. The third-order valence-electron chi connectivity index (χ3n) is 5.27. The van der Waals surface area contributed by atoms with Gasteiger partial charge >= 0.3 is 0 Å². The molecule has 138 valence electrons. The Morgan fingerprint density at radius 2 is 2.12 bits per heavy atom. The van der Waals surface area contributed by atoms with Gasteiger partial charge in [0.1, 0.15) is 0 Å². The van der Waals surface area contributed by atoms with Crippen molar-refractivity contribution in [3.63, 3.8) is 0 Å². The number of hydrogen-bond acceptors (Lipinski definition) is 4. The van der Waals surface area contributed by atoms with E-state index < -0.39 is 8.32 Å². The number of ether oxygens (including phenoxy) is 1. The third-order valence-corrected chi connectivity index (χ3v) is 9.75. The SMILES string of the molecule is CC(C)(C)[Si](C)(C)OCc1cc(CCCO)nn1C1CCCCO1. The van der Waals surface area contributed by atoms with Crippen molar-refractivity contribution in [1.82, 2.24) is 9.78 Å².